The molecule has 1 N–H and O–H groups in total. The van der Waals surface area contributed by atoms with Crippen molar-refractivity contribution in [3.8, 4) is 0 Å². The Bertz CT molecular complexity index is 876. The second kappa shape index (κ2) is 7.32. The summed E-state index contributed by atoms with van der Waals surface area (Å²) in [6.07, 6.45) is 1.11. The van der Waals surface area contributed by atoms with Crippen molar-refractivity contribution in [2.24, 2.45) is 5.92 Å². The molecule has 7 nitrogen and oxygen atoms in total. The standard InChI is InChI=1S/C14H14ClFN4O3S2/c15-11-6-10(3-4-12(11)16)25(22,23)20-5-1-2-9(7-20)13(21)18-14-19-17-8-24-14/h3-4,6,8-9H,1-2,5,7H2,(H,18,19,21)/t9-/m1/s1. The van der Waals surface area contributed by atoms with Crippen LogP contribution in [0.4, 0.5) is 9.52 Å². The Morgan fingerprint density at radius 3 is 2.92 bits per heavy atom. The van der Waals surface area contributed by atoms with Gasteiger partial charge in [-0.2, -0.15) is 4.31 Å². The van der Waals surface area contributed by atoms with Gasteiger partial charge < -0.3 is 5.32 Å². The van der Waals surface area contributed by atoms with Gasteiger partial charge in [-0.05, 0) is 31.0 Å². The second-order valence-electron chi connectivity index (χ2n) is 5.51. The van der Waals surface area contributed by atoms with Gasteiger partial charge >= 0.3 is 0 Å². The number of carbonyl (C=O) groups excluding carboxylic acids is 1. The van der Waals surface area contributed by atoms with Crippen molar-refractivity contribution in [1.29, 1.82) is 0 Å². The van der Waals surface area contributed by atoms with Crippen LogP contribution in [0.3, 0.4) is 0 Å². The summed E-state index contributed by atoms with van der Waals surface area (Å²) in [5, 5.41) is 10.1. The molecule has 0 aliphatic carbocycles. The van der Waals surface area contributed by atoms with E-state index >= 15 is 0 Å². The van der Waals surface area contributed by atoms with Gasteiger partial charge in [0.15, 0.2) is 0 Å². The lowest BCUT2D eigenvalue weighted by molar-refractivity contribution is -0.120. The molecule has 2 heterocycles. The van der Waals surface area contributed by atoms with Crippen molar-refractivity contribution in [1.82, 2.24) is 14.5 Å². The lowest BCUT2D eigenvalue weighted by Gasteiger charge is -2.31. The van der Waals surface area contributed by atoms with Gasteiger partial charge in [-0.25, -0.2) is 12.8 Å². The van der Waals surface area contributed by atoms with E-state index in [1.807, 2.05) is 0 Å². The average molecular weight is 405 g/mol. The molecule has 1 aromatic carbocycles. The van der Waals surface area contributed by atoms with Crippen LogP contribution < -0.4 is 5.32 Å². The van der Waals surface area contributed by atoms with E-state index in [-0.39, 0.29) is 22.4 Å². The number of benzene rings is 1. The van der Waals surface area contributed by atoms with Crippen LogP contribution in [0.15, 0.2) is 28.6 Å². The molecule has 0 unspecified atom stereocenters. The van der Waals surface area contributed by atoms with E-state index in [4.69, 9.17) is 11.6 Å². The quantitative estimate of drug-likeness (QED) is 0.844. The molecule has 1 aromatic heterocycles. The fraction of sp³-hybridized carbons (Fsp3) is 0.357. The molecule has 11 heteroatoms. The summed E-state index contributed by atoms with van der Waals surface area (Å²) in [5.41, 5.74) is 1.49. The van der Waals surface area contributed by atoms with Crippen molar-refractivity contribution in [3.63, 3.8) is 0 Å². The topological polar surface area (TPSA) is 92.3 Å². The molecular formula is C14H14ClFN4O3S2. The first-order valence-corrected chi connectivity index (χ1v) is 10.1. The molecule has 0 spiro atoms. The highest BCUT2D eigenvalue weighted by Gasteiger charge is 2.33. The summed E-state index contributed by atoms with van der Waals surface area (Å²) in [6.45, 7) is 0.335. The van der Waals surface area contributed by atoms with Crippen LogP contribution in [0.25, 0.3) is 0 Å². The van der Waals surface area contributed by atoms with Crippen LogP contribution in [0.1, 0.15) is 12.8 Å². The number of sulfonamides is 1. The zero-order chi connectivity index (χ0) is 18.0. The number of nitrogens with one attached hydrogen (secondary N) is 1. The third kappa shape index (κ3) is 3.97. The minimum absolute atomic E-state index is 0.0436. The molecule has 1 atom stereocenters. The van der Waals surface area contributed by atoms with E-state index in [9.17, 15) is 17.6 Å². The smallest absolute Gasteiger partial charge is 0.243 e. The normalized spacial score (nSPS) is 18.9. The maximum atomic E-state index is 13.3. The van der Waals surface area contributed by atoms with Gasteiger partial charge in [-0.1, -0.05) is 22.9 Å². The van der Waals surface area contributed by atoms with Crippen molar-refractivity contribution < 1.29 is 17.6 Å². The third-order valence-corrected chi connectivity index (χ3v) is 6.63. The number of anilines is 1. The fourth-order valence-corrected chi connectivity index (χ4v) is 4.84. The average Bonchev–Trinajstić information content (AvgIpc) is 3.10. The Labute approximate surface area is 152 Å². The van der Waals surface area contributed by atoms with Crippen molar-refractivity contribution >= 4 is 44.0 Å². The number of halogens is 2. The van der Waals surface area contributed by atoms with Crippen LogP contribution in [0, 0.1) is 11.7 Å². The number of rotatable bonds is 4. The number of nitrogens with zero attached hydrogens (tertiary/aromatic N) is 3. The van der Waals surface area contributed by atoms with Crippen molar-refractivity contribution in [2.45, 2.75) is 17.7 Å². The van der Waals surface area contributed by atoms with Crippen LogP contribution >= 0.6 is 22.9 Å². The summed E-state index contributed by atoms with van der Waals surface area (Å²) in [5.74, 6) is -1.48. The van der Waals surface area contributed by atoms with Gasteiger partial charge in [0.25, 0.3) is 0 Å². The Balaban J connectivity index is 1.75. The van der Waals surface area contributed by atoms with Gasteiger partial charge in [0.1, 0.15) is 11.3 Å². The number of hydrogen-bond donors (Lipinski definition) is 1. The van der Waals surface area contributed by atoms with Crippen LogP contribution in [0.2, 0.25) is 5.02 Å². The molecule has 1 aliphatic rings. The highest BCUT2D eigenvalue weighted by Crippen LogP contribution is 2.27. The molecule has 0 radical (unpaired) electrons. The molecule has 25 heavy (non-hydrogen) atoms. The van der Waals surface area contributed by atoms with E-state index in [1.165, 1.54) is 27.2 Å². The van der Waals surface area contributed by atoms with Gasteiger partial charge in [-0.3, -0.25) is 4.79 Å². The fourth-order valence-electron chi connectivity index (χ4n) is 2.60. The molecule has 134 valence electrons. The maximum Gasteiger partial charge on any atom is 0.243 e. The molecular weight excluding hydrogens is 391 g/mol. The van der Waals surface area contributed by atoms with E-state index in [0.717, 1.165) is 12.1 Å². The number of aromatic nitrogens is 2. The van der Waals surface area contributed by atoms with Crippen molar-refractivity contribution in [3.05, 3.63) is 34.5 Å². The summed E-state index contributed by atoms with van der Waals surface area (Å²) in [7, 11) is -3.85. The second-order valence-corrected chi connectivity index (χ2v) is 8.69. The summed E-state index contributed by atoms with van der Waals surface area (Å²) in [6, 6.07) is 3.26. The number of carbonyl (C=O) groups is 1. The Morgan fingerprint density at radius 1 is 1.44 bits per heavy atom. The zero-order valence-corrected chi connectivity index (χ0v) is 15.2. The highest BCUT2D eigenvalue weighted by molar-refractivity contribution is 7.89. The summed E-state index contributed by atoms with van der Waals surface area (Å²) < 4.78 is 40.0. The SMILES string of the molecule is O=C(Nc1nncs1)[C@@H]1CCCN(S(=O)(=O)c2ccc(F)c(Cl)c2)C1. The summed E-state index contributed by atoms with van der Waals surface area (Å²) in [4.78, 5) is 12.2. The molecule has 1 aliphatic heterocycles. The molecule has 1 saturated heterocycles. The lowest BCUT2D eigenvalue weighted by Crippen LogP contribution is -2.43. The highest BCUT2D eigenvalue weighted by atomic mass is 35.5. The van der Waals surface area contributed by atoms with Crippen molar-refractivity contribution in [2.75, 3.05) is 18.4 Å². The minimum atomic E-state index is -3.85. The molecule has 3 rings (SSSR count). The largest absolute Gasteiger partial charge is 0.300 e. The first-order chi connectivity index (χ1) is 11.9. The number of amides is 1. The third-order valence-electron chi connectivity index (χ3n) is 3.87. The zero-order valence-electron chi connectivity index (χ0n) is 12.9. The van der Waals surface area contributed by atoms with Gasteiger partial charge in [0.05, 0.1) is 15.8 Å². The lowest BCUT2D eigenvalue weighted by atomic mass is 9.99. The molecule has 1 amide bonds. The predicted molar refractivity (Wildman–Crippen MR) is 91.4 cm³/mol. The van der Waals surface area contributed by atoms with Crippen LogP contribution in [-0.2, 0) is 14.8 Å². The van der Waals surface area contributed by atoms with Gasteiger partial charge in [0.2, 0.25) is 21.1 Å². The first-order valence-electron chi connectivity index (χ1n) is 7.40. The first kappa shape index (κ1) is 18.2. The Kier molecular flexibility index (Phi) is 5.32. The van der Waals surface area contributed by atoms with Crippen LogP contribution in [0.5, 0.6) is 0 Å². The summed E-state index contributed by atoms with van der Waals surface area (Å²) >= 11 is 6.87. The predicted octanol–water partition coefficient (Wildman–Crippen LogP) is 2.37. The molecule has 1 fully saturated rings. The van der Waals surface area contributed by atoms with E-state index in [0.29, 0.717) is 24.5 Å². The Morgan fingerprint density at radius 2 is 2.24 bits per heavy atom. The van der Waals surface area contributed by atoms with Gasteiger partial charge in [0, 0.05) is 13.1 Å². The minimum Gasteiger partial charge on any atom is -0.300 e. The van der Waals surface area contributed by atoms with E-state index in [2.05, 4.69) is 15.5 Å². The monoisotopic (exact) mass is 404 g/mol. The molecule has 0 bridgehead atoms. The van der Waals surface area contributed by atoms with Gasteiger partial charge in [-0.15, -0.1) is 10.2 Å². The molecule has 0 saturated carbocycles. The van der Waals surface area contributed by atoms with E-state index in [1.54, 1.807) is 0 Å². The number of piperidine rings is 1. The Hall–Kier alpha value is -1.62. The maximum absolute atomic E-state index is 13.3. The van der Waals surface area contributed by atoms with E-state index < -0.39 is 21.8 Å². The number of hydrogen-bond acceptors (Lipinski definition) is 6. The molecule has 2 aromatic rings. The van der Waals surface area contributed by atoms with Crippen LogP contribution in [-0.4, -0.2) is 41.9 Å².